The molecule has 4 heteroatoms. The van der Waals surface area contributed by atoms with Crippen molar-refractivity contribution in [3.63, 3.8) is 0 Å². The van der Waals surface area contributed by atoms with E-state index in [1.165, 1.54) is 0 Å². The molecule has 0 spiro atoms. The summed E-state index contributed by atoms with van der Waals surface area (Å²) < 4.78 is 1.77. The first-order chi connectivity index (χ1) is 12.8. The number of benzene rings is 2. The summed E-state index contributed by atoms with van der Waals surface area (Å²) in [7, 11) is 0. The molecule has 0 radical (unpaired) electrons. The zero-order valence-electron chi connectivity index (χ0n) is 14.2. The fraction of sp³-hybridized carbons (Fsp3) is 0.0909. The molecular weight excluding hydrogens is 322 g/mol. The number of hydrogen-bond acceptors (Lipinski definition) is 3. The van der Waals surface area contributed by atoms with E-state index in [-0.39, 0.29) is 0 Å². The Kier molecular flexibility index (Phi) is 4.36. The molecule has 0 unspecified atom stereocenters. The normalized spacial score (nSPS) is 10.6. The number of nitrogens with zero attached hydrogens (tertiary/aromatic N) is 3. The van der Waals surface area contributed by atoms with Crippen LogP contribution in [0.4, 0.5) is 0 Å². The number of aromatic nitrogens is 2. The van der Waals surface area contributed by atoms with Gasteiger partial charge in [-0.15, -0.1) is 0 Å². The first kappa shape index (κ1) is 15.9. The van der Waals surface area contributed by atoms with Gasteiger partial charge in [-0.05, 0) is 28.8 Å². The fourth-order valence-corrected chi connectivity index (χ4v) is 2.88. The van der Waals surface area contributed by atoms with Gasteiger partial charge in [0, 0.05) is 18.0 Å². The molecule has 0 saturated carbocycles. The predicted molar refractivity (Wildman–Crippen MR) is 101 cm³/mol. The lowest BCUT2D eigenvalue weighted by atomic mass is 10.0. The number of fused-ring (bicyclic) bond motifs is 1. The summed E-state index contributed by atoms with van der Waals surface area (Å²) in [4.78, 5) is 10.5. The topological polar surface area (TPSA) is 50.8 Å². The van der Waals surface area contributed by atoms with Gasteiger partial charge in [-0.25, -0.2) is 0 Å². The Balaban J connectivity index is 1.61. The zero-order valence-corrected chi connectivity index (χ0v) is 14.2. The van der Waals surface area contributed by atoms with E-state index in [4.69, 9.17) is 10.1 Å². The van der Waals surface area contributed by atoms with Crippen LogP contribution in [-0.4, -0.2) is 9.71 Å². The van der Waals surface area contributed by atoms with Crippen LogP contribution in [0, 0.1) is 11.3 Å². The minimum Gasteiger partial charge on any atom is -0.409 e. The van der Waals surface area contributed by atoms with Crippen LogP contribution in [0.1, 0.15) is 11.1 Å². The van der Waals surface area contributed by atoms with E-state index < -0.39 is 0 Å². The lowest BCUT2D eigenvalue weighted by Crippen LogP contribution is -2.09. The standard InChI is InChI=1S/C22H17N3O/c23-12-10-17-6-8-19(9-7-17)20-14-22-21(24-15-20)11-13-25(22)26-16-18-4-2-1-3-5-18/h1-9,11,13-15H,10,16H2. The second-order valence-electron chi connectivity index (χ2n) is 6.06. The second kappa shape index (κ2) is 7.12. The highest BCUT2D eigenvalue weighted by atomic mass is 16.7. The van der Waals surface area contributed by atoms with Crippen LogP contribution in [0.5, 0.6) is 0 Å². The monoisotopic (exact) mass is 339 g/mol. The molecule has 2 aromatic heterocycles. The molecule has 0 amide bonds. The van der Waals surface area contributed by atoms with E-state index >= 15 is 0 Å². The molecule has 2 heterocycles. The van der Waals surface area contributed by atoms with Crippen molar-refractivity contribution in [2.75, 3.05) is 0 Å². The Hall–Kier alpha value is -3.58. The first-order valence-corrected chi connectivity index (χ1v) is 8.44. The van der Waals surface area contributed by atoms with Crippen molar-refractivity contribution < 1.29 is 4.84 Å². The van der Waals surface area contributed by atoms with Crippen molar-refractivity contribution >= 4 is 11.0 Å². The lowest BCUT2D eigenvalue weighted by Gasteiger charge is -2.09. The zero-order chi connectivity index (χ0) is 17.8. The molecule has 0 atom stereocenters. The van der Waals surface area contributed by atoms with Crippen LogP contribution in [-0.2, 0) is 13.0 Å². The molecule has 4 aromatic rings. The molecule has 26 heavy (non-hydrogen) atoms. The van der Waals surface area contributed by atoms with Crippen LogP contribution in [0.25, 0.3) is 22.2 Å². The summed E-state index contributed by atoms with van der Waals surface area (Å²) in [6, 6.07) is 24.3. The van der Waals surface area contributed by atoms with E-state index in [0.29, 0.717) is 13.0 Å². The molecule has 0 bridgehead atoms. The van der Waals surface area contributed by atoms with Gasteiger partial charge < -0.3 is 4.84 Å². The Morgan fingerprint density at radius 3 is 2.50 bits per heavy atom. The summed E-state index contributed by atoms with van der Waals surface area (Å²) in [6.07, 6.45) is 4.18. The molecule has 4 rings (SSSR count). The molecule has 0 aliphatic rings. The van der Waals surface area contributed by atoms with Gasteiger partial charge >= 0.3 is 0 Å². The number of pyridine rings is 1. The van der Waals surface area contributed by atoms with Gasteiger partial charge in [0.2, 0.25) is 0 Å². The molecule has 126 valence electrons. The fourth-order valence-electron chi connectivity index (χ4n) is 2.88. The van der Waals surface area contributed by atoms with Crippen molar-refractivity contribution in [2.24, 2.45) is 0 Å². The number of hydrogen-bond donors (Lipinski definition) is 0. The molecule has 0 aliphatic heterocycles. The Morgan fingerprint density at radius 1 is 0.923 bits per heavy atom. The van der Waals surface area contributed by atoms with Gasteiger partial charge in [0.1, 0.15) is 12.1 Å². The van der Waals surface area contributed by atoms with Crippen molar-refractivity contribution in [1.29, 1.82) is 5.26 Å². The first-order valence-electron chi connectivity index (χ1n) is 8.44. The van der Waals surface area contributed by atoms with Gasteiger partial charge in [0.05, 0.1) is 18.0 Å². The summed E-state index contributed by atoms with van der Waals surface area (Å²) >= 11 is 0. The van der Waals surface area contributed by atoms with Gasteiger partial charge in [-0.1, -0.05) is 54.6 Å². The Bertz CT molecular complexity index is 1060. The minimum absolute atomic E-state index is 0.424. The van der Waals surface area contributed by atoms with Crippen molar-refractivity contribution in [1.82, 2.24) is 9.71 Å². The Morgan fingerprint density at radius 2 is 1.73 bits per heavy atom. The van der Waals surface area contributed by atoms with E-state index in [1.807, 2.05) is 73.1 Å². The summed E-state index contributed by atoms with van der Waals surface area (Å²) in [6.45, 7) is 0.498. The highest BCUT2D eigenvalue weighted by Crippen LogP contribution is 2.23. The molecule has 0 fully saturated rings. The van der Waals surface area contributed by atoms with Gasteiger partial charge in [-0.2, -0.15) is 9.99 Å². The molecule has 4 nitrogen and oxygen atoms in total. The maximum atomic E-state index is 8.79. The molecule has 0 aliphatic carbocycles. The Labute approximate surface area is 151 Å². The number of nitriles is 1. The molecular formula is C22H17N3O. The van der Waals surface area contributed by atoms with Crippen molar-refractivity contribution in [3.05, 3.63) is 90.3 Å². The van der Waals surface area contributed by atoms with Crippen LogP contribution < -0.4 is 4.84 Å². The second-order valence-corrected chi connectivity index (χ2v) is 6.06. The largest absolute Gasteiger partial charge is 0.409 e. The highest BCUT2D eigenvalue weighted by Gasteiger charge is 2.07. The lowest BCUT2D eigenvalue weighted by molar-refractivity contribution is 0.107. The number of rotatable bonds is 5. The third-order valence-corrected chi connectivity index (χ3v) is 4.29. The van der Waals surface area contributed by atoms with Crippen LogP contribution in [0.2, 0.25) is 0 Å². The van der Waals surface area contributed by atoms with Crippen LogP contribution >= 0.6 is 0 Å². The van der Waals surface area contributed by atoms with Crippen LogP contribution in [0.15, 0.2) is 79.1 Å². The van der Waals surface area contributed by atoms with E-state index in [9.17, 15) is 0 Å². The quantitative estimate of drug-likeness (QED) is 0.541. The average molecular weight is 339 g/mol. The molecule has 0 saturated heterocycles. The maximum Gasteiger partial charge on any atom is 0.140 e. The molecule has 0 N–H and O–H groups in total. The third-order valence-electron chi connectivity index (χ3n) is 4.29. The van der Waals surface area contributed by atoms with Gasteiger partial charge in [0.15, 0.2) is 0 Å². The van der Waals surface area contributed by atoms with Gasteiger partial charge in [0.25, 0.3) is 0 Å². The van der Waals surface area contributed by atoms with E-state index in [0.717, 1.165) is 33.3 Å². The maximum absolute atomic E-state index is 8.79. The predicted octanol–water partition coefficient (Wildman–Crippen LogP) is 4.40. The summed E-state index contributed by atoms with van der Waals surface area (Å²) in [5.74, 6) is 0. The smallest absolute Gasteiger partial charge is 0.140 e. The third kappa shape index (κ3) is 3.28. The van der Waals surface area contributed by atoms with E-state index in [2.05, 4.69) is 17.1 Å². The van der Waals surface area contributed by atoms with E-state index in [1.54, 1.807) is 4.73 Å². The summed E-state index contributed by atoms with van der Waals surface area (Å²) in [5.41, 5.74) is 6.04. The SMILES string of the molecule is N#CCc1ccc(-c2cnc3ccn(OCc4ccccc4)c3c2)cc1. The average Bonchev–Trinajstić information content (AvgIpc) is 3.10. The van der Waals surface area contributed by atoms with Crippen molar-refractivity contribution in [3.8, 4) is 17.2 Å². The van der Waals surface area contributed by atoms with Crippen molar-refractivity contribution in [2.45, 2.75) is 13.0 Å². The van der Waals surface area contributed by atoms with Crippen LogP contribution in [0.3, 0.4) is 0 Å². The minimum atomic E-state index is 0.424. The molecule has 2 aromatic carbocycles. The summed E-state index contributed by atoms with van der Waals surface area (Å²) in [5, 5.41) is 8.79. The highest BCUT2D eigenvalue weighted by molar-refractivity contribution is 5.81. The van der Waals surface area contributed by atoms with Gasteiger partial charge in [-0.3, -0.25) is 4.98 Å².